The van der Waals surface area contributed by atoms with Crippen LogP contribution >= 0.6 is 15.9 Å². The Kier molecular flexibility index (Phi) is 2.45. The molecule has 0 heterocycles. The number of halogens is 2. The van der Waals surface area contributed by atoms with Gasteiger partial charge < -0.3 is 0 Å². The predicted molar refractivity (Wildman–Crippen MR) is 48.9 cm³/mol. The minimum absolute atomic E-state index is 0.238. The highest BCUT2D eigenvalue weighted by molar-refractivity contribution is 9.10. The molecule has 0 aromatic heterocycles. The summed E-state index contributed by atoms with van der Waals surface area (Å²) in [6.45, 7) is 5.42. The summed E-state index contributed by atoms with van der Waals surface area (Å²) in [5, 5.41) is 0. The van der Waals surface area contributed by atoms with Crippen LogP contribution in [0.25, 0.3) is 6.08 Å². The van der Waals surface area contributed by atoms with Crippen LogP contribution in [0.4, 0.5) is 4.39 Å². The highest BCUT2D eigenvalue weighted by atomic mass is 79.9. The molecule has 0 N–H and O–H groups in total. The third-order valence-electron chi connectivity index (χ3n) is 1.50. The molecule has 11 heavy (non-hydrogen) atoms. The van der Waals surface area contributed by atoms with Gasteiger partial charge in [-0.2, -0.15) is 0 Å². The van der Waals surface area contributed by atoms with Crippen molar-refractivity contribution in [3.63, 3.8) is 0 Å². The van der Waals surface area contributed by atoms with Crippen molar-refractivity contribution in [1.82, 2.24) is 0 Å². The van der Waals surface area contributed by atoms with Crippen LogP contribution in [0.2, 0.25) is 0 Å². The lowest BCUT2D eigenvalue weighted by atomic mass is 10.1. The second kappa shape index (κ2) is 3.18. The van der Waals surface area contributed by atoms with Crippen LogP contribution in [-0.2, 0) is 0 Å². The SMILES string of the molecule is C=Cc1cc(C)c(Br)cc1F. The van der Waals surface area contributed by atoms with Crippen molar-refractivity contribution < 1.29 is 4.39 Å². The van der Waals surface area contributed by atoms with Crippen LogP contribution in [-0.4, -0.2) is 0 Å². The van der Waals surface area contributed by atoms with Gasteiger partial charge in [0.2, 0.25) is 0 Å². The van der Waals surface area contributed by atoms with Crippen molar-refractivity contribution in [1.29, 1.82) is 0 Å². The lowest BCUT2D eigenvalue weighted by Crippen LogP contribution is -1.84. The maximum Gasteiger partial charge on any atom is 0.131 e. The Hall–Kier alpha value is -0.630. The van der Waals surface area contributed by atoms with Crippen molar-refractivity contribution in [3.05, 3.63) is 40.1 Å². The summed E-state index contributed by atoms with van der Waals surface area (Å²) >= 11 is 3.24. The van der Waals surface area contributed by atoms with Crippen LogP contribution in [0.3, 0.4) is 0 Å². The Balaban J connectivity index is 3.31. The number of hydrogen-bond donors (Lipinski definition) is 0. The van der Waals surface area contributed by atoms with Gasteiger partial charge in [0.15, 0.2) is 0 Å². The van der Waals surface area contributed by atoms with E-state index in [-0.39, 0.29) is 5.82 Å². The molecule has 1 aromatic rings. The average molecular weight is 215 g/mol. The van der Waals surface area contributed by atoms with Gasteiger partial charge >= 0.3 is 0 Å². The zero-order valence-corrected chi connectivity index (χ0v) is 7.78. The first kappa shape index (κ1) is 8.47. The summed E-state index contributed by atoms with van der Waals surface area (Å²) in [4.78, 5) is 0. The molecule has 0 aliphatic heterocycles. The predicted octanol–water partition coefficient (Wildman–Crippen LogP) is 3.54. The first-order valence-electron chi connectivity index (χ1n) is 3.23. The molecule has 0 saturated heterocycles. The number of aryl methyl sites for hydroxylation is 1. The number of benzene rings is 1. The van der Waals surface area contributed by atoms with Crippen molar-refractivity contribution in [2.24, 2.45) is 0 Å². The van der Waals surface area contributed by atoms with E-state index in [1.807, 2.05) is 6.92 Å². The van der Waals surface area contributed by atoms with Crippen molar-refractivity contribution >= 4 is 22.0 Å². The van der Waals surface area contributed by atoms with Crippen LogP contribution in [0.15, 0.2) is 23.2 Å². The number of hydrogen-bond acceptors (Lipinski definition) is 0. The molecule has 0 amide bonds. The Bertz CT molecular complexity index is 292. The fourth-order valence-corrected chi connectivity index (χ4v) is 1.15. The van der Waals surface area contributed by atoms with Crippen LogP contribution in [0.1, 0.15) is 11.1 Å². The molecule has 0 aliphatic rings. The topological polar surface area (TPSA) is 0 Å². The van der Waals surface area contributed by atoms with E-state index >= 15 is 0 Å². The second-order valence-corrected chi connectivity index (χ2v) is 3.18. The van der Waals surface area contributed by atoms with E-state index in [0.29, 0.717) is 5.56 Å². The molecule has 0 fully saturated rings. The Labute approximate surface area is 73.9 Å². The highest BCUT2D eigenvalue weighted by Gasteiger charge is 2.01. The fourth-order valence-electron chi connectivity index (χ4n) is 0.836. The first-order chi connectivity index (χ1) is 5.15. The smallest absolute Gasteiger partial charge is 0.131 e. The maximum atomic E-state index is 12.9. The number of rotatable bonds is 1. The van der Waals surface area contributed by atoms with E-state index in [1.54, 1.807) is 6.07 Å². The van der Waals surface area contributed by atoms with Crippen molar-refractivity contribution in [2.75, 3.05) is 0 Å². The molecule has 0 nitrogen and oxygen atoms in total. The minimum atomic E-state index is -0.238. The van der Waals surface area contributed by atoms with Crippen molar-refractivity contribution in [2.45, 2.75) is 6.92 Å². The quantitative estimate of drug-likeness (QED) is 0.672. The van der Waals surface area contributed by atoms with Gasteiger partial charge in [-0.3, -0.25) is 0 Å². The fraction of sp³-hybridized carbons (Fsp3) is 0.111. The molecule has 0 saturated carbocycles. The van der Waals surface area contributed by atoms with Gasteiger partial charge in [-0.1, -0.05) is 28.6 Å². The summed E-state index contributed by atoms with van der Waals surface area (Å²) in [5.41, 5.74) is 1.56. The average Bonchev–Trinajstić information content (AvgIpc) is 1.97. The molecule has 0 radical (unpaired) electrons. The largest absolute Gasteiger partial charge is 0.206 e. The minimum Gasteiger partial charge on any atom is -0.206 e. The van der Waals surface area contributed by atoms with Crippen LogP contribution in [0.5, 0.6) is 0 Å². The van der Waals surface area contributed by atoms with Gasteiger partial charge in [0.1, 0.15) is 5.82 Å². The van der Waals surface area contributed by atoms with E-state index in [1.165, 1.54) is 12.1 Å². The lowest BCUT2D eigenvalue weighted by Gasteiger charge is -2.00. The lowest BCUT2D eigenvalue weighted by molar-refractivity contribution is 0.623. The van der Waals surface area contributed by atoms with Crippen molar-refractivity contribution in [3.8, 4) is 0 Å². The van der Waals surface area contributed by atoms with Gasteiger partial charge in [-0.05, 0) is 24.6 Å². The molecular formula is C9H8BrF. The van der Waals surface area contributed by atoms with Crippen LogP contribution in [0, 0.1) is 12.7 Å². The van der Waals surface area contributed by atoms with Gasteiger partial charge in [0.05, 0.1) is 0 Å². The Morgan fingerprint density at radius 2 is 2.18 bits per heavy atom. The Morgan fingerprint density at radius 1 is 1.55 bits per heavy atom. The molecule has 1 aromatic carbocycles. The van der Waals surface area contributed by atoms with E-state index in [4.69, 9.17) is 0 Å². The molecule has 0 aliphatic carbocycles. The summed E-state index contributed by atoms with van der Waals surface area (Å²) in [5.74, 6) is -0.238. The summed E-state index contributed by atoms with van der Waals surface area (Å²) < 4.78 is 13.7. The molecule has 1 rings (SSSR count). The molecule has 0 bridgehead atoms. The zero-order valence-electron chi connectivity index (χ0n) is 6.20. The summed E-state index contributed by atoms with van der Waals surface area (Å²) in [6, 6.07) is 3.21. The normalized spacial score (nSPS) is 9.73. The highest BCUT2D eigenvalue weighted by Crippen LogP contribution is 2.20. The van der Waals surface area contributed by atoms with E-state index in [0.717, 1.165) is 10.0 Å². The Morgan fingerprint density at radius 3 is 2.73 bits per heavy atom. The monoisotopic (exact) mass is 214 g/mol. The van der Waals surface area contributed by atoms with Gasteiger partial charge in [0, 0.05) is 10.0 Å². The zero-order chi connectivity index (χ0) is 8.43. The van der Waals surface area contributed by atoms with Crippen LogP contribution < -0.4 is 0 Å². The standard InChI is InChI=1S/C9H8BrF/c1-3-7-4-6(2)8(10)5-9(7)11/h3-5H,1H2,2H3. The summed E-state index contributed by atoms with van der Waals surface area (Å²) in [6.07, 6.45) is 1.51. The first-order valence-corrected chi connectivity index (χ1v) is 4.02. The maximum absolute atomic E-state index is 12.9. The van der Waals surface area contributed by atoms with E-state index in [2.05, 4.69) is 22.5 Å². The van der Waals surface area contributed by atoms with Gasteiger partial charge in [-0.25, -0.2) is 4.39 Å². The van der Waals surface area contributed by atoms with E-state index in [9.17, 15) is 4.39 Å². The molecule has 2 heteroatoms. The third-order valence-corrected chi connectivity index (χ3v) is 2.35. The molecular weight excluding hydrogens is 207 g/mol. The van der Waals surface area contributed by atoms with Gasteiger partial charge in [0.25, 0.3) is 0 Å². The molecule has 0 spiro atoms. The van der Waals surface area contributed by atoms with E-state index < -0.39 is 0 Å². The third kappa shape index (κ3) is 1.69. The van der Waals surface area contributed by atoms with Gasteiger partial charge in [-0.15, -0.1) is 0 Å². The molecule has 58 valence electrons. The summed E-state index contributed by atoms with van der Waals surface area (Å²) in [7, 11) is 0. The second-order valence-electron chi connectivity index (χ2n) is 2.33. The molecule has 0 unspecified atom stereocenters. The molecule has 0 atom stereocenters.